The summed E-state index contributed by atoms with van der Waals surface area (Å²) in [5.74, 6) is -1.12. The number of alkyl halides is 3. The van der Waals surface area contributed by atoms with Gasteiger partial charge in [0.2, 0.25) is 0 Å². The number of nitrogens with zero attached hydrogens (tertiary/aromatic N) is 3. The van der Waals surface area contributed by atoms with E-state index in [1.54, 1.807) is 29.9 Å². The molecular weight excluding hydrogens is 564 g/mol. The van der Waals surface area contributed by atoms with Gasteiger partial charge in [-0.25, -0.2) is 4.98 Å². The molecule has 1 fully saturated rings. The summed E-state index contributed by atoms with van der Waals surface area (Å²) in [4.78, 5) is 30.5. The molecule has 0 atom stereocenters. The molecule has 0 saturated carbocycles. The third-order valence-electron chi connectivity index (χ3n) is 5.75. The summed E-state index contributed by atoms with van der Waals surface area (Å²) in [6.07, 6.45) is -1.17. The second-order valence-corrected chi connectivity index (χ2v) is 8.45. The number of hydrogen-bond donors (Lipinski definition) is 0. The van der Waals surface area contributed by atoms with Crippen LogP contribution in [0.1, 0.15) is 35.4 Å². The van der Waals surface area contributed by atoms with Crippen LogP contribution in [0.25, 0.3) is 22.4 Å². The zero-order chi connectivity index (χ0) is 26.3. The number of nitrogens with one attached hydrogen (secondary N) is 2. The van der Waals surface area contributed by atoms with Crippen molar-refractivity contribution in [3.8, 4) is 0 Å². The van der Waals surface area contributed by atoms with Gasteiger partial charge in [0.05, 0.1) is 30.6 Å². The van der Waals surface area contributed by atoms with Crippen LogP contribution in [0.15, 0.2) is 47.3 Å². The van der Waals surface area contributed by atoms with Crippen LogP contribution in [0.2, 0.25) is 0 Å². The van der Waals surface area contributed by atoms with Crippen LogP contribution in [-0.4, -0.2) is 53.2 Å². The quantitative estimate of drug-likeness (QED) is 0.335. The van der Waals surface area contributed by atoms with Gasteiger partial charge in [-0.1, -0.05) is 42.8 Å². The second kappa shape index (κ2) is 14.0. The number of halogens is 3. The zero-order valence-corrected chi connectivity index (χ0v) is 23.3. The van der Waals surface area contributed by atoms with E-state index in [2.05, 4.69) is 4.90 Å². The van der Waals surface area contributed by atoms with Gasteiger partial charge in [-0.3, -0.25) is 19.1 Å². The van der Waals surface area contributed by atoms with Gasteiger partial charge in [-0.05, 0) is 32.0 Å². The van der Waals surface area contributed by atoms with Crippen molar-refractivity contribution >= 4 is 28.1 Å². The van der Waals surface area contributed by atoms with Crippen molar-refractivity contribution in [3.05, 3.63) is 75.7 Å². The first-order valence-electron chi connectivity index (χ1n) is 11.5. The molecule has 197 valence electrons. The number of carbonyl (C=O) groups is 1. The van der Waals surface area contributed by atoms with Crippen LogP contribution in [-0.2, 0) is 50.5 Å². The molecule has 0 aliphatic carbocycles. The molecule has 1 radical (unpaired) electrons. The molecule has 1 aliphatic heterocycles. The number of methoxy groups -OCH3 is 1. The van der Waals surface area contributed by atoms with Crippen LogP contribution in [0, 0.1) is 0 Å². The zero-order valence-electron chi connectivity index (χ0n) is 20.5. The standard InChI is InChI=1S/C17H23N4O2.C8H5F3NO.Y/c1-23-10-9-21-16(12-20-7-3-2-4-8-20)19-15-6-5-13(18)11-14(15)17(21)22;9-8(10,11)7(13)5-2-1-3-6(12)4-5;/h5-6,11,18H,2-4,7-10,12H2,1H3;1-4,12H;/q2*-1;. The Labute approximate surface area is 238 Å². The number of likely N-dealkylation sites (tertiary alicyclic amines) is 1. The van der Waals surface area contributed by atoms with Gasteiger partial charge in [-0.2, -0.15) is 13.2 Å². The largest absolute Gasteiger partial charge is 0.699 e. The minimum absolute atomic E-state index is 0. The Morgan fingerprint density at radius 2 is 1.73 bits per heavy atom. The Balaban J connectivity index is 0.000000295. The predicted octanol–water partition coefficient (Wildman–Crippen LogP) is 5.83. The monoisotopic (exact) mass is 592 g/mol. The Morgan fingerprint density at radius 3 is 2.35 bits per heavy atom. The summed E-state index contributed by atoms with van der Waals surface area (Å²) in [6, 6.07) is 9.50. The molecule has 1 saturated heterocycles. The van der Waals surface area contributed by atoms with Gasteiger partial charge in [0, 0.05) is 45.4 Å². The molecular formula is C25H28F3N5O3Y-2. The van der Waals surface area contributed by atoms with E-state index in [1.807, 2.05) is 0 Å². The number of ether oxygens (including phenoxy) is 1. The van der Waals surface area contributed by atoms with Gasteiger partial charge in [0.1, 0.15) is 5.82 Å². The first kappa shape index (κ1) is 30.9. The maximum Gasteiger partial charge on any atom is 0.454 e. The number of fused-ring (bicyclic) bond motifs is 1. The van der Waals surface area contributed by atoms with Gasteiger partial charge in [0.15, 0.2) is 0 Å². The first-order valence-corrected chi connectivity index (χ1v) is 11.5. The van der Waals surface area contributed by atoms with Crippen molar-refractivity contribution in [1.29, 1.82) is 0 Å². The van der Waals surface area contributed by atoms with E-state index in [4.69, 9.17) is 21.2 Å². The molecule has 0 unspecified atom stereocenters. The van der Waals surface area contributed by atoms with Gasteiger partial charge >= 0.3 is 6.18 Å². The number of piperidine rings is 1. The molecule has 2 heterocycles. The predicted molar refractivity (Wildman–Crippen MR) is 132 cm³/mol. The van der Waals surface area contributed by atoms with Crippen LogP contribution in [0.3, 0.4) is 0 Å². The molecule has 0 amide bonds. The summed E-state index contributed by atoms with van der Waals surface area (Å²) in [5, 5.41) is 0.510. The van der Waals surface area contributed by atoms with Crippen molar-refractivity contribution in [1.82, 2.24) is 14.5 Å². The molecule has 3 aromatic rings. The number of benzene rings is 2. The molecule has 0 spiro atoms. The third kappa shape index (κ3) is 8.60. The van der Waals surface area contributed by atoms with Crippen molar-refractivity contribution in [2.24, 2.45) is 0 Å². The van der Waals surface area contributed by atoms with Crippen molar-refractivity contribution < 1.29 is 55.4 Å². The van der Waals surface area contributed by atoms with Crippen molar-refractivity contribution in [2.75, 3.05) is 26.8 Å². The molecule has 1 aromatic heterocycles. The first-order chi connectivity index (χ1) is 17.1. The minimum Gasteiger partial charge on any atom is -0.699 e. The Kier molecular flexibility index (Phi) is 11.7. The summed E-state index contributed by atoms with van der Waals surface area (Å²) >= 11 is 0. The molecule has 8 nitrogen and oxygen atoms in total. The van der Waals surface area contributed by atoms with Crippen molar-refractivity contribution in [3.63, 3.8) is 0 Å². The maximum absolute atomic E-state index is 12.8. The number of hydrogen-bond acceptors (Lipinski definition) is 5. The maximum atomic E-state index is 12.8. The fraction of sp³-hybridized carbons (Fsp3) is 0.400. The number of Topliss-reactive ketones (excluding diaryl/α,β-unsaturated/α-hetero) is 1. The van der Waals surface area contributed by atoms with Crippen LogP contribution in [0.5, 0.6) is 0 Å². The summed E-state index contributed by atoms with van der Waals surface area (Å²) in [7, 11) is 1.63. The SMILES string of the molecule is COCCn1c(CN2CCCCC2)nc2ccc([NH-])cc2c1=O.[NH-]c1cccc(C(=O)C(F)(F)F)c1.[Y]. The summed E-state index contributed by atoms with van der Waals surface area (Å²) < 4.78 is 42.4. The molecule has 1 aliphatic rings. The van der Waals surface area contributed by atoms with Crippen LogP contribution < -0.4 is 5.56 Å². The van der Waals surface area contributed by atoms with E-state index < -0.39 is 17.5 Å². The summed E-state index contributed by atoms with van der Waals surface area (Å²) in [6.45, 7) is 3.77. The van der Waals surface area contributed by atoms with Gasteiger partial charge in [0.25, 0.3) is 11.3 Å². The Hall–Kier alpha value is -2.34. The topological polar surface area (TPSA) is 112 Å². The number of carbonyl (C=O) groups excluding carboxylic acids is 1. The fourth-order valence-corrected chi connectivity index (χ4v) is 3.94. The second-order valence-electron chi connectivity index (χ2n) is 8.45. The Bertz CT molecular complexity index is 1260. The van der Waals surface area contributed by atoms with Gasteiger partial charge < -0.3 is 16.2 Å². The fourth-order valence-electron chi connectivity index (χ4n) is 3.94. The number of aromatic nitrogens is 2. The third-order valence-corrected chi connectivity index (χ3v) is 5.75. The molecule has 2 N–H and O–H groups in total. The smallest absolute Gasteiger partial charge is 0.454 e. The van der Waals surface area contributed by atoms with E-state index in [0.29, 0.717) is 36.3 Å². The average molecular weight is 592 g/mol. The van der Waals surface area contributed by atoms with Crippen LogP contribution in [0.4, 0.5) is 24.5 Å². The van der Waals surface area contributed by atoms with E-state index in [-0.39, 0.29) is 44.0 Å². The number of rotatable bonds is 6. The Morgan fingerprint density at radius 1 is 1.05 bits per heavy atom. The molecule has 12 heteroatoms. The van der Waals surface area contributed by atoms with Crippen LogP contribution >= 0.6 is 0 Å². The van der Waals surface area contributed by atoms with Crippen molar-refractivity contribution in [2.45, 2.75) is 38.5 Å². The van der Waals surface area contributed by atoms with Gasteiger partial charge in [-0.15, -0.1) is 11.4 Å². The average Bonchev–Trinajstić information content (AvgIpc) is 2.84. The minimum atomic E-state index is -4.87. The number of ketones is 1. The molecule has 2 aromatic carbocycles. The van der Waals surface area contributed by atoms with E-state index in [1.165, 1.54) is 31.4 Å². The van der Waals surface area contributed by atoms with E-state index in [0.717, 1.165) is 31.0 Å². The molecule has 37 heavy (non-hydrogen) atoms. The van der Waals surface area contributed by atoms with E-state index >= 15 is 0 Å². The summed E-state index contributed by atoms with van der Waals surface area (Å²) in [5.41, 5.74) is 15.1. The molecule has 4 rings (SSSR count). The normalized spacial score (nSPS) is 13.9. The molecule has 0 bridgehead atoms. The van der Waals surface area contributed by atoms with E-state index in [9.17, 15) is 22.8 Å².